The van der Waals surface area contributed by atoms with Gasteiger partial charge in [-0.3, -0.25) is 4.79 Å². The van der Waals surface area contributed by atoms with Gasteiger partial charge in [-0.2, -0.15) is 0 Å². The predicted octanol–water partition coefficient (Wildman–Crippen LogP) is 2.24. The molecule has 134 valence electrons. The molecule has 1 fully saturated rings. The van der Waals surface area contributed by atoms with E-state index in [1.165, 1.54) is 0 Å². The van der Waals surface area contributed by atoms with Crippen molar-refractivity contribution in [2.45, 2.75) is 32.8 Å². The molecule has 1 amide bonds. The highest BCUT2D eigenvalue weighted by Crippen LogP contribution is 2.22. The third-order valence-electron chi connectivity index (χ3n) is 4.83. The lowest BCUT2D eigenvalue weighted by Crippen LogP contribution is -2.41. The molecule has 1 saturated heterocycles. The van der Waals surface area contributed by atoms with E-state index >= 15 is 0 Å². The van der Waals surface area contributed by atoms with E-state index in [1.807, 2.05) is 18.2 Å². The highest BCUT2D eigenvalue weighted by molar-refractivity contribution is 5.97. The molecule has 1 aliphatic rings. The molecule has 0 saturated carbocycles. The van der Waals surface area contributed by atoms with Crippen molar-refractivity contribution in [3.8, 4) is 0 Å². The van der Waals surface area contributed by atoms with Gasteiger partial charge in [-0.15, -0.1) is 0 Å². The van der Waals surface area contributed by atoms with Gasteiger partial charge in [0, 0.05) is 43.3 Å². The Morgan fingerprint density at radius 3 is 2.56 bits per heavy atom. The number of likely N-dealkylation sites (tertiary alicyclic amines) is 1. The summed E-state index contributed by atoms with van der Waals surface area (Å²) in [5.41, 5.74) is 0.921. The second kappa shape index (κ2) is 7.27. The number of carbonyl (C=O) groups is 1. The van der Waals surface area contributed by atoms with Crippen LogP contribution in [0.4, 0.5) is 5.69 Å². The molecular formula is C19H24N2O4. The largest absolute Gasteiger partial charge is 0.422 e. The summed E-state index contributed by atoms with van der Waals surface area (Å²) in [7, 11) is 0. The van der Waals surface area contributed by atoms with Crippen molar-refractivity contribution in [2.24, 2.45) is 0 Å². The van der Waals surface area contributed by atoms with E-state index in [4.69, 9.17) is 4.42 Å². The molecule has 1 aromatic carbocycles. The van der Waals surface area contributed by atoms with Crippen LogP contribution in [0.2, 0.25) is 0 Å². The molecule has 0 atom stereocenters. The fourth-order valence-corrected chi connectivity index (χ4v) is 3.27. The molecule has 0 bridgehead atoms. The van der Waals surface area contributed by atoms with Gasteiger partial charge in [-0.25, -0.2) is 4.79 Å². The molecule has 0 unspecified atom stereocenters. The number of rotatable bonds is 4. The number of carbonyl (C=O) groups excluding carboxylic acids is 1. The molecule has 0 radical (unpaired) electrons. The zero-order valence-corrected chi connectivity index (χ0v) is 14.7. The Labute approximate surface area is 146 Å². The minimum absolute atomic E-state index is 0.0551. The number of aliphatic hydroxyl groups is 1. The molecule has 6 nitrogen and oxygen atoms in total. The summed E-state index contributed by atoms with van der Waals surface area (Å²) in [6, 6.07) is 7.30. The van der Waals surface area contributed by atoms with Crippen LogP contribution in [0.15, 0.2) is 33.5 Å². The van der Waals surface area contributed by atoms with Gasteiger partial charge in [-0.05, 0) is 44.9 Å². The minimum atomic E-state index is -0.611. The summed E-state index contributed by atoms with van der Waals surface area (Å²) in [5, 5.41) is 10.3. The van der Waals surface area contributed by atoms with E-state index in [-0.39, 0.29) is 17.6 Å². The first-order valence-electron chi connectivity index (χ1n) is 8.83. The van der Waals surface area contributed by atoms with Gasteiger partial charge in [0.1, 0.15) is 11.1 Å². The van der Waals surface area contributed by atoms with Crippen LogP contribution in [-0.2, 0) is 0 Å². The highest BCUT2D eigenvalue weighted by Gasteiger charge is 2.25. The first kappa shape index (κ1) is 17.5. The van der Waals surface area contributed by atoms with E-state index in [0.717, 1.165) is 24.2 Å². The Morgan fingerprint density at radius 2 is 1.92 bits per heavy atom. The second-order valence-corrected chi connectivity index (χ2v) is 6.37. The molecular weight excluding hydrogens is 320 g/mol. The molecule has 0 aliphatic carbocycles. The van der Waals surface area contributed by atoms with Crippen molar-refractivity contribution in [1.82, 2.24) is 4.90 Å². The van der Waals surface area contributed by atoms with E-state index in [2.05, 4.69) is 18.7 Å². The molecule has 3 rings (SSSR count). The lowest BCUT2D eigenvalue weighted by Gasteiger charge is -2.29. The van der Waals surface area contributed by atoms with Gasteiger partial charge in [0.25, 0.3) is 5.91 Å². The highest BCUT2D eigenvalue weighted by atomic mass is 16.4. The third-order valence-corrected chi connectivity index (χ3v) is 4.83. The first-order valence-corrected chi connectivity index (χ1v) is 8.83. The average molecular weight is 344 g/mol. The minimum Gasteiger partial charge on any atom is -0.422 e. The first-order chi connectivity index (χ1) is 12.0. The quantitative estimate of drug-likeness (QED) is 0.861. The zero-order valence-electron chi connectivity index (χ0n) is 14.7. The van der Waals surface area contributed by atoms with Crippen LogP contribution in [0.1, 0.15) is 37.0 Å². The van der Waals surface area contributed by atoms with E-state index in [9.17, 15) is 14.7 Å². The van der Waals surface area contributed by atoms with Gasteiger partial charge in [0.05, 0.1) is 6.10 Å². The lowest BCUT2D eigenvalue weighted by atomic mass is 10.1. The smallest absolute Gasteiger partial charge is 0.349 e. The molecule has 1 aliphatic heterocycles. The van der Waals surface area contributed by atoms with Crippen LogP contribution < -0.4 is 10.5 Å². The molecule has 1 N–H and O–H groups in total. The number of amides is 1. The van der Waals surface area contributed by atoms with Gasteiger partial charge in [0.2, 0.25) is 0 Å². The number of aliphatic hydroxyl groups excluding tert-OH is 1. The van der Waals surface area contributed by atoms with Crippen LogP contribution >= 0.6 is 0 Å². The number of benzene rings is 1. The SMILES string of the molecule is CCN(CC)c1ccc2cc(C(=O)N3CCC(O)CC3)c(=O)oc2c1. The van der Waals surface area contributed by atoms with Crippen molar-refractivity contribution in [2.75, 3.05) is 31.1 Å². The number of hydrogen-bond donors (Lipinski definition) is 1. The van der Waals surface area contributed by atoms with E-state index in [0.29, 0.717) is 31.5 Å². The summed E-state index contributed by atoms with van der Waals surface area (Å²) in [5.74, 6) is -0.324. The lowest BCUT2D eigenvalue weighted by molar-refractivity contribution is 0.0543. The van der Waals surface area contributed by atoms with E-state index < -0.39 is 5.63 Å². The molecule has 25 heavy (non-hydrogen) atoms. The van der Waals surface area contributed by atoms with Crippen molar-refractivity contribution >= 4 is 22.6 Å². The number of piperidine rings is 1. The van der Waals surface area contributed by atoms with Crippen molar-refractivity contribution in [3.05, 3.63) is 40.2 Å². The van der Waals surface area contributed by atoms with Crippen molar-refractivity contribution < 1.29 is 14.3 Å². The average Bonchev–Trinajstić information content (AvgIpc) is 2.62. The Kier molecular flexibility index (Phi) is 5.08. The summed E-state index contributed by atoms with van der Waals surface area (Å²) in [6.45, 7) is 6.78. The van der Waals surface area contributed by atoms with Crippen molar-refractivity contribution in [3.63, 3.8) is 0 Å². The predicted molar refractivity (Wildman–Crippen MR) is 97.2 cm³/mol. The number of fused-ring (bicyclic) bond motifs is 1. The molecule has 2 aromatic rings. The maximum absolute atomic E-state index is 12.6. The molecule has 2 heterocycles. The van der Waals surface area contributed by atoms with Crippen LogP contribution in [0, 0.1) is 0 Å². The molecule has 1 aromatic heterocycles. The molecule has 0 spiro atoms. The number of nitrogens with zero attached hydrogens (tertiary/aromatic N) is 2. The Bertz CT molecular complexity index is 818. The summed E-state index contributed by atoms with van der Waals surface area (Å²) in [4.78, 5) is 28.7. The van der Waals surface area contributed by atoms with E-state index in [1.54, 1.807) is 11.0 Å². The maximum atomic E-state index is 12.6. The number of anilines is 1. The summed E-state index contributed by atoms with van der Waals surface area (Å²) < 4.78 is 5.43. The zero-order chi connectivity index (χ0) is 18.0. The Balaban J connectivity index is 1.93. The maximum Gasteiger partial charge on any atom is 0.349 e. The van der Waals surface area contributed by atoms with Crippen LogP contribution in [-0.4, -0.2) is 48.2 Å². The van der Waals surface area contributed by atoms with Gasteiger partial charge < -0.3 is 19.3 Å². The van der Waals surface area contributed by atoms with Crippen LogP contribution in [0.3, 0.4) is 0 Å². The standard InChI is InChI=1S/C19H24N2O4/c1-3-20(4-2)14-6-5-13-11-16(19(24)25-17(13)12-14)18(23)21-9-7-15(22)8-10-21/h5-6,11-12,15,22H,3-4,7-10H2,1-2H3. The summed E-state index contributed by atoms with van der Waals surface area (Å²) in [6.07, 6.45) is 0.714. The van der Waals surface area contributed by atoms with Gasteiger partial charge in [0.15, 0.2) is 0 Å². The normalized spacial score (nSPS) is 15.6. The van der Waals surface area contributed by atoms with Crippen LogP contribution in [0.5, 0.6) is 0 Å². The second-order valence-electron chi connectivity index (χ2n) is 6.37. The van der Waals surface area contributed by atoms with Gasteiger partial charge >= 0.3 is 5.63 Å². The van der Waals surface area contributed by atoms with Gasteiger partial charge in [-0.1, -0.05) is 0 Å². The summed E-state index contributed by atoms with van der Waals surface area (Å²) >= 11 is 0. The Hall–Kier alpha value is -2.34. The fourth-order valence-electron chi connectivity index (χ4n) is 3.27. The monoisotopic (exact) mass is 344 g/mol. The van der Waals surface area contributed by atoms with Crippen LogP contribution in [0.25, 0.3) is 11.0 Å². The number of hydrogen-bond acceptors (Lipinski definition) is 5. The Morgan fingerprint density at radius 1 is 1.24 bits per heavy atom. The molecule has 6 heteroatoms. The fraction of sp³-hybridized carbons (Fsp3) is 0.474. The third kappa shape index (κ3) is 3.54. The van der Waals surface area contributed by atoms with Crippen molar-refractivity contribution in [1.29, 1.82) is 0 Å². The topological polar surface area (TPSA) is 74.0 Å².